The first-order valence-electron chi connectivity index (χ1n) is 10.4. The van der Waals surface area contributed by atoms with Gasteiger partial charge in [0.1, 0.15) is 35.5 Å². The Hall–Kier alpha value is -3.82. The molecule has 0 spiro atoms. The van der Waals surface area contributed by atoms with E-state index in [2.05, 4.69) is 0 Å². The van der Waals surface area contributed by atoms with Crippen LogP contribution in [0, 0.1) is 11.8 Å². The Bertz CT molecular complexity index is 1020. The molecule has 4 rings (SSSR count). The van der Waals surface area contributed by atoms with Gasteiger partial charge in [-0.15, -0.1) is 0 Å². The summed E-state index contributed by atoms with van der Waals surface area (Å²) in [5.41, 5.74) is 0.941. The zero-order valence-corrected chi connectivity index (χ0v) is 19.7. The molecule has 34 heavy (non-hydrogen) atoms. The molecular formula is C24H26O10. The molecule has 0 radical (unpaired) electrons. The molecule has 182 valence electrons. The van der Waals surface area contributed by atoms with Crippen LogP contribution >= 0.6 is 0 Å². The second-order valence-corrected chi connectivity index (χ2v) is 7.66. The molecule has 0 amide bonds. The van der Waals surface area contributed by atoms with Gasteiger partial charge in [-0.05, 0) is 12.1 Å². The molecule has 10 heteroatoms. The highest BCUT2D eigenvalue weighted by molar-refractivity contribution is 5.90. The number of carbonyl (C=O) groups is 2. The van der Waals surface area contributed by atoms with Crippen LogP contribution in [0.4, 0.5) is 0 Å². The average molecular weight is 474 g/mol. The van der Waals surface area contributed by atoms with Gasteiger partial charge < -0.3 is 37.9 Å². The van der Waals surface area contributed by atoms with E-state index >= 15 is 0 Å². The second kappa shape index (κ2) is 9.20. The smallest absolute Gasteiger partial charge is 0.314 e. The summed E-state index contributed by atoms with van der Waals surface area (Å²) in [5, 5.41) is 0. The topological polar surface area (TPSA) is 108 Å². The Morgan fingerprint density at radius 1 is 0.500 bits per heavy atom. The lowest BCUT2D eigenvalue weighted by Gasteiger charge is -2.20. The fraction of sp³-hybridized carbons (Fsp3) is 0.417. The van der Waals surface area contributed by atoms with Gasteiger partial charge in [-0.25, -0.2) is 0 Å². The van der Waals surface area contributed by atoms with Crippen molar-refractivity contribution < 1.29 is 47.5 Å². The van der Waals surface area contributed by atoms with Crippen LogP contribution in [0.3, 0.4) is 0 Å². The van der Waals surface area contributed by atoms with Crippen LogP contribution in [0.5, 0.6) is 34.5 Å². The molecule has 2 aromatic rings. The summed E-state index contributed by atoms with van der Waals surface area (Å²) in [6, 6.07) is 6.50. The van der Waals surface area contributed by atoms with E-state index in [0.29, 0.717) is 45.6 Å². The third-order valence-corrected chi connectivity index (χ3v) is 6.15. The summed E-state index contributed by atoms with van der Waals surface area (Å²) in [6.45, 7) is 0. The lowest BCUT2D eigenvalue weighted by atomic mass is 9.83. The largest absolute Gasteiger partial charge is 0.496 e. The molecule has 2 fully saturated rings. The number of ether oxygens (including phenoxy) is 8. The minimum absolute atomic E-state index is 0.385. The van der Waals surface area contributed by atoms with Gasteiger partial charge >= 0.3 is 11.9 Å². The van der Waals surface area contributed by atoms with E-state index < -0.39 is 36.0 Å². The molecule has 0 N–H and O–H groups in total. The van der Waals surface area contributed by atoms with Gasteiger partial charge in [0, 0.05) is 23.3 Å². The van der Waals surface area contributed by atoms with Gasteiger partial charge in [0.25, 0.3) is 0 Å². The molecule has 2 aromatic carbocycles. The normalized spacial score (nSPS) is 23.0. The van der Waals surface area contributed by atoms with E-state index in [1.54, 1.807) is 24.3 Å². The molecule has 2 saturated heterocycles. The molecule has 2 heterocycles. The number of carbonyl (C=O) groups excluding carboxylic acids is 2. The molecule has 2 aliphatic rings. The van der Waals surface area contributed by atoms with Crippen molar-refractivity contribution in [2.45, 2.75) is 12.2 Å². The van der Waals surface area contributed by atoms with Crippen molar-refractivity contribution in [2.75, 3.05) is 42.7 Å². The van der Waals surface area contributed by atoms with Gasteiger partial charge in [-0.2, -0.15) is 0 Å². The number of cyclic esters (lactones) is 2. The first-order chi connectivity index (χ1) is 16.4. The number of rotatable bonds is 8. The van der Waals surface area contributed by atoms with Crippen molar-refractivity contribution in [2.24, 2.45) is 11.8 Å². The predicted octanol–water partition coefficient (Wildman–Crippen LogP) is 2.87. The SMILES string of the molecule is COc1cc(OC)c(C2OC(=O)C3C(c4cc(OC)c(OC)cc4OC)OC(=O)C23)cc1OC. The Labute approximate surface area is 196 Å². The molecular weight excluding hydrogens is 448 g/mol. The van der Waals surface area contributed by atoms with Crippen LogP contribution in [0.1, 0.15) is 23.3 Å². The third kappa shape index (κ3) is 3.59. The number of methoxy groups -OCH3 is 6. The first kappa shape index (κ1) is 23.3. The van der Waals surface area contributed by atoms with Crippen LogP contribution in [-0.2, 0) is 19.1 Å². The van der Waals surface area contributed by atoms with Crippen molar-refractivity contribution in [3.05, 3.63) is 35.4 Å². The van der Waals surface area contributed by atoms with Gasteiger partial charge in [0.05, 0.1) is 42.7 Å². The summed E-state index contributed by atoms with van der Waals surface area (Å²) in [6.07, 6.45) is -1.87. The van der Waals surface area contributed by atoms with E-state index in [0.717, 1.165) is 0 Å². The van der Waals surface area contributed by atoms with Crippen molar-refractivity contribution >= 4 is 11.9 Å². The fourth-order valence-electron chi connectivity index (χ4n) is 4.54. The Kier molecular flexibility index (Phi) is 6.32. The first-order valence-corrected chi connectivity index (χ1v) is 10.4. The molecule has 0 bridgehead atoms. The third-order valence-electron chi connectivity index (χ3n) is 6.15. The number of fused-ring (bicyclic) bond motifs is 1. The van der Waals surface area contributed by atoms with E-state index in [9.17, 15) is 9.59 Å². The summed E-state index contributed by atoms with van der Waals surface area (Å²) in [5.74, 6) is -0.489. The number of hydrogen-bond acceptors (Lipinski definition) is 10. The van der Waals surface area contributed by atoms with Crippen molar-refractivity contribution in [1.29, 1.82) is 0 Å². The molecule has 2 aliphatic heterocycles. The lowest BCUT2D eigenvalue weighted by molar-refractivity contribution is -0.155. The molecule has 0 aliphatic carbocycles. The quantitative estimate of drug-likeness (QED) is 0.530. The molecule has 10 nitrogen and oxygen atoms in total. The van der Waals surface area contributed by atoms with Gasteiger partial charge in [-0.3, -0.25) is 9.59 Å². The van der Waals surface area contributed by atoms with Crippen LogP contribution in [0.25, 0.3) is 0 Å². The predicted molar refractivity (Wildman–Crippen MR) is 117 cm³/mol. The standard InChI is InChI=1S/C24H26O10/c1-27-13-9-17(31-5)15(29-3)7-11(13)21-19-20(24(26)33-21)22(34-23(19)25)12-8-16(30-4)18(32-6)10-14(12)28-2/h7-10,19-22H,1-6H3. The maximum Gasteiger partial charge on any atom is 0.314 e. The van der Waals surface area contributed by atoms with Crippen LogP contribution in [0.2, 0.25) is 0 Å². The van der Waals surface area contributed by atoms with Crippen molar-refractivity contribution in [3.63, 3.8) is 0 Å². The number of hydrogen-bond donors (Lipinski definition) is 0. The van der Waals surface area contributed by atoms with Gasteiger partial charge in [-0.1, -0.05) is 0 Å². The van der Waals surface area contributed by atoms with Crippen LogP contribution < -0.4 is 28.4 Å². The van der Waals surface area contributed by atoms with E-state index in [1.165, 1.54) is 42.7 Å². The highest BCUT2D eigenvalue weighted by Crippen LogP contribution is 2.55. The van der Waals surface area contributed by atoms with E-state index in [-0.39, 0.29) is 0 Å². The Morgan fingerprint density at radius 2 is 0.794 bits per heavy atom. The van der Waals surface area contributed by atoms with Crippen molar-refractivity contribution in [3.8, 4) is 34.5 Å². The molecule has 0 saturated carbocycles. The monoisotopic (exact) mass is 474 g/mol. The van der Waals surface area contributed by atoms with Crippen molar-refractivity contribution in [1.82, 2.24) is 0 Å². The Morgan fingerprint density at radius 3 is 1.09 bits per heavy atom. The highest BCUT2D eigenvalue weighted by atomic mass is 16.6. The fourth-order valence-corrected chi connectivity index (χ4v) is 4.54. The van der Waals surface area contributed by atoms with E-state index in [4.69, 9.17) is 37.9 Å². The highest BCUT2D eigenvalue weighted by Gasteiger charge is 2.61. The molecule has 0 aromatic heterocycles. The second-order valence-electron chi connectivity index (χ2n) is 7.66. The molecule has 4 atom stereocenters. The minimum Gasteiger partial charge on any atom is -0.496 e. The lowest BCUT2D eigenvalue weighted by Crippen LogP contribution is -2.20. The molecule has 4 unspecified atom stereocenters. The zero-order chi connectivity index (χ0) is 24.6. The van der Waals surface area contributed by atoms with Gasteiger partial charge in [0.15, 0.2) is 23.0 Å². The minimum atomic E-state index is -0.934. The summed E-state index contributed by atoms with van der Waals surface area (Å²) >= 11 is 0. The summed E-state index contributed by atoms with van der Waals surface area (Å²) in [7, 11) is 8.92. The van der Waals surface area contributed by atoms with Crippen LogP contribution in [-0.4, -0.2) is 54.6 Å². The number of esters is 2. The maximum absolute atomic E-state index is 13.1. The zero-order valence-electron chi connectivity index (χ0n) is 19.7. The summed E-state index contributed by atoms with van der Waals surface area (Å²) < 4.78 is 43.8. The maximum atomic E-state index is 13.1. The van der Waals surface area contributed by atoms with Crippen LogP contribution in [0.15, 0.2) is 24.3 Å². The van der Waals surface area contributed by atoms with E-state index in [1.807, 2.05) is 0 Å². The number of benzene rings is 2. The average Bonchev–Trinajstić information content (AvgIpc) is 3.39. The summed E-state index contributed by atoms with van der Waals surface area (Å²) in [4.78, 5) is 26.2. The Balaban J connectivity index is 1.78. The van der Waals surface area contributed by atoms with Gasteiger partial charge in [0.2, 0.25) is 0 Å².